The van der Waals surface area contributed by atoms with Crippen LogP contribution in [0.4, 0.5) is 51.2 Å². The van der Waals surface area contributed by atoms with Crippen molar-refractivity contribution < 1.29 is 0 Å². The molecular weight excluding hydrogens is 1370 g/mol. The summed E-state index contributed by atoms with van der Waals surface area (Å²) in [5.74, 6) is 0. The van der Waals surface area contributed by atoms with Gasteiger partial charge in [0.1, 0.15) is 0 Å². The van der Waals surface area contributed by atoms with E-state index in [1.165, 1.54) is 48.9 Å². The second kappa shape index (κ2) is 26.2. The average Bonchev–Trinajstić information content (AvgIpc) is 1.27. The number of anilines is 9. The molecule has 20 aromatic rings. The highest BCUT2D eigenvalue weighted by molar-refractivity contribution is 7.00. The van der Waals surface area contributed by atoms with E-state index in [1.54, 1.807) is 0 Å². The van der Waals surface area contributed by atoms with Gasteiger partial charge in [0.05, 0.1) is 50.2 Å². The molecule has 532 valence electrons. The molecule has 0 radical (unpaired) electrons. The van der Waals surface area contributed by atoms with Crippen molar-refractivity contribution in [2.24, 2.45) is 0 Å². The van der Waals surface area contributed by atoms with Crippen LogP contribution in [0.3, 0.4) is 0 Å². The highest BCUT2D eigenvalue weighted by Gasteiger charge is 2.46. The fraction of sp³-hybridized carbons (Fsp3) is 0.0377. The van der Waals surface area contributed by atoms with Gasteiger partial charge < -0.3 is 28.4 Å². The van der Waals surface area contributed by atoms with Gasteiger partial charge in [0.25, 0.3) is 6.71 Å². The molecule has 0 saturated carbocycles. The molecule has 113 heavy (non-hydrogen) atoms. The van der Waals surface area contributed by atoms with Gasteiger partial charge in [-0.25, -0.2) is 0 Å². The van der Waals surface area contributed by atoms with Gasteiger partial charge in [-0.3, -0.25) is 0 Å². The molecule has 0 aliphatic carbocycles. The summed E-state index contributed by atoms with van der Waals surface area (Å²) < 4.78 is 7.57. The SMILES string of the molecule is CC(C)(C)c1cc(-c2ccccc2)c(N2c3cc(-n4c5ccccc5c5ccccc54)ccc3B3c4ccc(-n5c6ccccc6c6cc(N(c7ccccc7)c7ccccc7)ccc65)cc4N(c4c(-c5ccccc5)cccc4-c4ccccc4)c4cc(-n5c6ccccc6c6ccccc65)cc2c43)c(-c2ccccc2)c1. The average molecular weight is 1440 g/mol. The summed E-state index contributed by atoms with van der Waals surface area (Å²) in [6, 6.07) is 150. The zero-order chi connectivity index (χ0) is 75.0. The summed E-state index contributed by atoms with van der Waals surface area (Å²) in [7, 11) is 0. The number of fused-ring (bicyclic) bond motifs is 13. The van der Waals surface area contributed by atoms with Gasteiger partial charge in [0.15, 0.2) is 0 Å². The summed E-state index contributed by atoms with van der Waals surface area (Å²) in [6.07, 6.45) is 0. The Labute approximate surface area is 657 Å². The van der Waals surface area contributed by atoms with Crippen LogP contribution in [0.25, 0.3) is 127 Å². The van der Waals surface area contributed by atoms with Crippen molar-refractivity contribution in [3.05, 3.63) is 406 Å². The lowest BCUT2D eigenvalue weighted by atomic mass is 9.33. The summed E-state index contributed by atoms with van der Waals surface area (Å²) in [4.78, 5) is 7.80. The molecule has 22 rings (SSSR count). The zero-order valence-electron chi connectivity index (χ0n) is 62.9. The van der Waals surface area contributed by atoms with Gasteiger partial charge in [-0.05, 0) is 171 Å². The molecule has 0 N–H and O–H groups in total. The maximum Gasteiger partial charge on any atom is 0.252 e. The Morgan fingerprint density at radius 1 is 0.239 bits per heavy atom. The van der Waals surface area contributed by atoms with Gasteiger partial charge in [0.2, 0.25) is 0 Å². The van der Waals surface area contributed by atoms with Gasteiger partial charge in [-0.15, -0.1) is 0 Å². The number of nitrogens with zero attached hydrogens (tertiary/aromatic N) is 6. The van der Waals surface area contributed by atoms with Crippen LogP contribution in [0.1, 0.15) is 26.3 Å². The second-order valence-corrected chi connectivity index (χ2v) is 31.1. The lowest BCUT2D eigenvalue weighted by Gasteiger charge is -2.46. The molecule has 0 amide bonds. The Morgan fingerprint density at radius 2 is 0.558 bits per heavy atom. The Balaban J connectivity index is 0.910. The molecule has 0 bridgehead atoms. The fourth-order valence-corrected chi connectivity index (χ4v) is 18.7. The first-order valence-electron chi connectivity index (χ1n) is 39.3. The van der Waals surface area contributed by atoms with E-state index in [9.17, 15) is 0 Å². The van der Waals surface area contributed by atoms with Gasteiger partial charge in [-0.1, -0.05) is 300 Å². The Bertz CT molecular complexity index is 6900. The summed E-state index contributed by atoms with van der Waals surface area (Å²) in [5, 5.41) is 7.15. The van der Waals surface area contributed by atoms with Crippen molar-refractivity contribution in [2.45, 2.75) is 26.2 Å². The molecule has 0 saturated heterocycles. The first-order chi connectivity index (χ1) is 55.8. The second-order valence-electron chi connectivity index (χ2n) is 31.1. The molecule has 0 fully saturated rings. The molecule has 3 aromatic heterocycles. The molecule has 0 unspecified atom stereocenters. The van der Waals surface area contributed by atoms with Crippen LogP contribution in [-0.4, -0.2) is 20.4 Å². The van der Waals surface area contributed by atoms with Gasteiger partial charge in [-0.2, -0.15) is 0 Å². The Morgan fingerprint density at radius 3 is 0.947 bits per heavy atom. The predicted molar refractivity (Wildman–Crippen MR) is 479 cm³/mol. The third-order valence-electron chi connectivity index (χ3n) is 23.7. The van der Waals surface area contributed by atoms with Gasteiger partial charge >= 0.3 is 0 Å². The lowest BCUT2D eigenvalue weighted by Crippen LogP contribution is -2.61. The van der Waals surface area contributed by atoms with Crippen LogP contribution in [0.15, 0.2) is 400 Å². The fourth-order valence-electron chi connectivity index (χ4n) is 18.7. The van der Waals surface area contributed by atoms with E-state index in [1.807, 2.05) is 0 Å². The van der Waals surface area contributed by atoms with Crippen LogP contribution in [0, 0.1) is 0 Å². The Kier molecular flexibility index (Phi) is 15.2. The van der Waals surface area contributed by atoms with E-state index >= 15 is 0 Å². The quantitative estimate of drug-likeness (QED) is 0.114. The molecule has 0 spiro atoms. The molecule has 0 atom stereocenters. The van der Waals surface area contributed by atoms with E-state index in [0.29, 0.717) is 0 Å². The summed E-state index contributed by atoms with van der Waals surface area (Å²) in [6.45, 7) is 6.75. The first-order valence-corrected chi connectivity index (χ1v) is 39.3. The minimum Gasteiger partial charge on any atom is -0.310 e. The monoisotopic (exact) mass is 1440 g/mol. The van der Waals surface area contributed by atoms with E-state index < -0.39 is 0 Å². The molecule has 7 heteroatoms. The number of benzene rings is 17. The molecular formula is C106H75BN6. The highest BCUT2D eigenvalue weighted by Crippen LogP contribution is 2.56. The minimum absolute atomic E-state index is 0.227. The van der Waals surface area contributed by atoms with Crippen molar-refractivity contribution in [1.82, 2.24) is 13.7 Å². The number of aromatic nitrogens is 3. The maximum atomic E-state index is 2.72. The third-order valence-corrected chi connectivity index (χ3v) is 23.7. The van der Waals surface area contributed by atoms with Gasteiger partial charge in [0, 0.05) is 106 Å². The van der Waals surface area contributed by atoms with E-state index in [4.69, 9.17) is 0 Å². The van der Waals surface area contributed by atoms with Crippen molar-refractivity contribution in [2.75, 3.05) is 14.7 Å². The minimum atomic E-state index is -0.313. The smallest absolute Gasteiger partial charge is 0.252 e. The summed E-state index contributed by atoms with van der Waals surface area (Å²) >= 11 is 0. The summed E-state index contributed by atoms with van der Waals surface area (Å²) in [5.41, 5.74) is 33.4. The van der Waals surface area contributed by atoms with Crippen LogP contribution in [0.5, 0.6) is 0 Å². The van der Waals surface area contributed by atoms with Crippen molar-refractivity contribution >= 4 is 140 Å². The number of rotatable bonds is 12. The normalized spacial score (nSPS) is 12.5. The lowest BCUT2D eigenvalue weighted by molar-refractivity contribution is 0.591. The molecule has 6 nitrogen and oxygen atoms in total. The van der Waals surface area contributed by atoms with Crippen molar-refractivity contribution in [1.29, 1.82) is 0 Å². The van der Waals surface area contributed by atoms with E-state index in [0.717, 1.165) is 151 Å². The zero-order valence-corrected chi connectivity index (χ0v) is 62.9. The van der Waals surface area contributed by atoms with Crippen LogP contribution in [-0.2, 0) is 5.41 Å². The molecule has 2 aliphatic heterocycles. The van der Waals surface area contributed by atoms with Crippen LogP contribution >= 0.6 is 0 Å². The number of hydrogen-bond donors (Lipinski definition) is 0. The van der Waals surface area contributed by atoms with Crippen molar-refractivity contribution in [3.8, 4) is 61.6 Å². The molecule has 17 aromatic carbocycles. The predicted octanol–water partition coefficient (Wildman–Crippen LogP) is 26.5. The molecule has 5 heterocycles. The number of hydrogen-bond acceptors (Lipinski definition) is 3. The van der Waals surface area contributed by atoms with Crippen molar-refractivity contribution in [3.63, 3.8) is 0 Å². The number of para-hydroxylation sites is 8. The topological polar surface area (TPSA) is 24.5 Å². The van der Waals surface area contributed by atoms with Crippen LogP contribution < -0.4 is 31.1 Å². The largest absolute Gasteiger partial charge is 0.310 e. The van der Waals surface area contributed by atoms with Crippen LogP contribution in [0.2, 0.25) is 0 Å². The first kappa shape index (κ1) is 65.7. The Hall–Kier alpha value is -14.4. The highest BCUT2D eigenvalue weighted by atomic mass is 15.2. The standard InChI is InChI=1S/C106H75BN6/c1-106(2,3)74-63-88(72-37-14-6-15-38-72)105(89(64-74)73-39-16-7-17-40-73)113-100-66-78(109-93-52-27-22-45-83(93)84-46-23-28-53-94(84)109)57-60-92(100)107-91-61-58-79(110-97-56-31-26-49-87(97)90-65-77(59-62-98(90)110)108(75-41-18-8-19-42-75)76-43-20-9-21-44-76)67-99(91)112(104-81(70-33-10-4-11-34-70)50-32-51-82(104)71-35-12-5-13-36-71)101-68-80(69-102(113)103(101)107)111-95-54-29-24-47-85(95)86-48-25-30-55-96(86)111/h4-69H,1-3H3. The third kappa shape index (κ3) is 10.5. The maximum absolute atomic E-state index is 2.72. The molecule has 2 aliphatic rings. The van der Waals surface area contributed by atoms with E-state index in [-0.39, 0.29) is 12.1 Å². The van der Waals surface area contributed by atoms with E-state index in [2.05, 4.69) is 450 Å².